The van der Waals surface area contributed by atoms with Crippen molar-refractivity contribution in [3.05, 3.63) is 30.0 Å². The highest BCUT2D eigenvalue weighted by atomic mass is 32.2. The molecule has 0 saturated carbocycles. The molecule has 0 bridgehead atoms. The third-order valence-corrected chi connectivity index (χ3v) is 3.11. The van der Waals surface area contributed by atoms with E-state index in [1.165, 1.54) is 21.4 Å². The summed E-state index contributed by atoms with van der Waals surface area (Å²) in [5.74, 6) is 0. The second-order valence-electron chi connectivity index (χ2n) is 3.09. The van der Waals surface area contributed by atoms with E-state index in [0.717, 1.165) is 6.42 Å². The summed E-state index contributed by atoms with van der Waals surface area (Å²) in [6, 6.07) is 6.64. The Hall–Kier alpha value is -0.890. The van der Waals surface area contributed by atoms with Gasteiger partial charge in [-0.15, -0.1) is 11.8 Å². The Morgan fingerprint density at radius 3 is 2.92 bits per heavy atom. The van der Waals surface area contributed by atoms with Gasteiger partial charge in [-0.05, 0) is 24.3 Å². The molecule has 1 aromatic heterocycles. The smallest absolute Gasteiger partial charge is 0.0468 e. The van der Waals surface area contributed by atoms with E-state index in [4.69, 9.17) is 0 Å². The fourth-order valence-corrected chi connectivity index (χ4v) is 2.11. The maximum absolute atomic E-state index is 3.29. The molecule has 1 N–H and O–H groups in total. The first kappa shape index (κ1) is 8.70. The van der Waals surface area contributed by atoms with E-state index < -0.39 is 0 Å². The van der Waals surface area contributed by atoms with Gasteiger partial charge in [0.1, 0.15) is 0 Å². The molecule has 0 aliphatic rings. The molecule has 1 aromatic carbocycles. The molecule has 0 unspecified atom stereocenters. The highest BCUT2D eigenvalue weighted by Gasteiger charge is 2.01. The zero-order chi connectivity index (χ0) is 9.26. The average Bonchev–Trinajstić information content (AvgIpc) is 2.59. The number of aromatic nitrogens is 1. The largest absolute Gasteiger partial charge is 0.360 e. The van der Waals surface area contributed by atoms with Crippen LogP contribution in [0.3, 0.4) is 0 Å². The Labute approximate surface area is 82.5 Å². The van der Waals surface area contributed by atoms with Crippen molar-refractivity contribution in [2.45, 2.75) is 18.2 Å². The van der Waals surface area contributed by atoms with Gasteiger partial charge in [-0.25, -0.2) is 0 Å². The number of aryl methyl sites for hydroxylation is 1. The van der Waals surface area contributed by atoms with Gasteiger partial charge in [0.2, 0.25) is 0 Å². The highest BCUT2D eigenvalue weighted by molar-refractivity contribution is 7.98. The molecule has 68 valence electrons. The van der Waals surface area contributed by atoms with Gasteiger partial charge in [0.15, 0.2) is 0 Å². The molecule has 0 saturated heterocycles. The standard InChI is InChI=1S/C11H13NS/c1-3-8-4-5-9-10(6-8)12-7-11(9)13-2/h4-7,12H,3H2,1-2H3. The lowest BCUT2D eigenvalue weighted by Crippen LogP contribution is -1.78. The number of benzene rings is 1. The fourth-order valence-electron chi connectivity index (χ4n) is 1.54. The van der Waals surface area contributed by atoms with Gasteiger partial charge in [-0.1, -0.05) is 19.1 Å². The Bertz CT molecular complexity index is 417. The van der Waals surface area contributed by atoms with Crippen LogP contribution in [-0.2, 0) is 6.42 Å². The maximum Gasteiger partial charge on any atom is 0.0468 e. The molecule has 0 radical (unpaired) electrons. The predicted octanol–water partition coefficient (Wildman–Crippen LogP) is 3.45. The van der Waals surface area contributed by atoms with Crippen LogP contribution in [0.25, 0.3) is 10.9 Å². The Balaban J connectivity index is 2.61. The molecule has 2 aromatic rings. The molecule has 0 aliphatic heterocycles. The van der Waals surface area contributed by atoms with Crippen LogP contribution in [0.2, 0.25) is 0 Å². The van der Waals surface area contributed by atoms with Gasteiger partial charge in [0.05, 0.1) is 0 Å². The van der Waals surface area contributed by atoms with E-state index in [1.807, 2.05) is 0 Å². The van der Waals surface area contributed by atoms with Gasteiger partial charge in [0, 0.05) is 22.0 Å². The lowest BCUT2D eigenvalue weighted by atomic mass is 10.1. The molecule has 0 atom stereocenters. The van der Waals surface area contributed by atoms with Crippen molar-refractivity contribution in [2.24, 2.45) is 0 Å². The normalized spacial score (nSPS) is 10.9. The number of H-pyrrole nitrogens is 1. The zero-order valence-electron chi connectivity index (χ0n) is 7.92. The summed E-state index contributed by atoms with van der Waals surface area (Å²) in [6.45, 7) is 2.18. The van der Waals surface area contributed by atoms with Crippen LogP contribution in [-0.4, -0.2) is 11.2 Å². The first-order chi connectivity index (χ1) is 6.35. The van der Waals surface area contributed by atoms with E-state index >= 15 is 0 Å². The number of fused-ring (bicyclic) bond motifs is 1. The number of aromatic amines is 1. The van der Waals surface area contributed by atoms with Crippen molar-refractivity contribution < 1.29 is 0 Å². The van der Waals surface area contributed by atoms with Crippen molar-refractivity contribution >= 4 is 22.7 Å². The van der Waals surface area contributed by atoms with Gasteiger partial charge in [-0.2, -0.15) is 0 Å². The van der Waals surface area contributed by atoms with Gasteiger partial charge in [0.25, 0.3) is 0 Å². The first-order valence-corrected chi connectivity index (χ1v) is 5.71. The van der Waals surface area contributed by atoms with Crippen LogP contribution in [0.4, 0.5) is 0 Å². The van der Waals surface area contributed by atoms with E-state index in [-0.39, 0.29) is 0 Å². The van der Waals surface area contributed by atoms with Crippen molar-refractivity contribution in [3.63, 3.8) is 0 Å². The number of thioether (sulfide) groups is 1. The summed E-state index contributed by atoms with van der Waals surface area (Å²) in [7, 11) is 0. The summed E-state index contributed by atoms with van der Waals surface area (Å²) in [6.07, 6.45) is 5.29. The Kier molecular flexibility index (Phi) is 2.32. The van der Waals surface area contributed by atoms with Crippen molar-refractivity contribution in [1.82, 2.24) is 4.98 Å². The molecule has 1 nitrogen and oxygen atoms in total. The lowest BCUT2D eigenvalue weighted by Gasteiger charge is -1.97. The predicted molar refractivity (Wildman–Crippen MR) is 59.5 cm³/mol. The number of hydrogen-bond donors (Lipinski definition) is 1. The van der Waals surface area contributed by atoms with Crippen molar-refractivity contribution in [3.8, 4) is 0 Å². The van der Waals surface area contributed by atoms with E-state index in [1.54, 1.807) is 11.8 Å². The SMILES string of the molecule is CCc1ccc2c(SC)c[nH]c2c1. The van der Waals surface area contributed by atoms with Crippen LogP contribution >= 0.6 is 11.8 Å². The Morgan fingerprint density at radius 1 is 1.38 bits per heavy atom. The summed E-state index contributed by atoms with van der Waals surface area (Å²) < 4.78 is 0. The number of hydrogen-bond acceptors (Lipinski definition) is 1. The molecule has 2 rings (SSSR count). The summed E-state index contributed by atoms with van der Waals surface area (Å²) in [5, 5.41) is 1.34. The van der Waals surface area contributed by atoms with Crippen LogP contribution < -0.4 is 0 Å². The highest BCUT2D eigenvalue weighted by Crippen LogP contribution is 2.26. The van der Waals surface area contributed by atoms with Gasteiger partial charge in [-0.3, -0.25) is 0 Å². The minimum absolute atomic E-state index is 1.10. The second-order valence-corrected chi connectivity index (χ2v) is 3.94. The average molecular weight is 191 g/mol. The minimum atomic E-state index is 1.10. The lowest BCUT2D eigenvalue weighted by molar-refractivity contribution is 1.14. The topological polar surface area (TPSA) is 15.8 Å². The molecular weight excluding hydrogens is 178 g/mol. The second kappa shape index (κ2) is 3.46. The van der Waals surface area contributed by atoms with Crippen LogP contribution in [0, 0.1) is 0 Å². The molecule has 1 heterocycles. The Morgan fingerprint density at radius 2 is 2.23 bits per heavy atom. The molecule has 0 fully saturated rings. The fraction of sp³-hybridized carbons (Fsp3) is 0.273. The summed E-state index contributed by atoms with van der Waals surface area (Å²) in [5.41, 5.74) is 2.64. The zero-order valence-corrected chi connectivity index (χ0v) is 8.74. The molecule has 0 spiro atoms. The maximum atomic E-state index is 3.29. The van der Waals surface area contributed by atoms with E-state index in [9.17, 15) is 0 Å². The van der Waals surface area contributed by atoms with E-state index in [0.29, 0.717) is 0 Å². The summed E-state index contributed by atoms with van der Waals surface area (Å²) >= 11 is 1.79. The molecule has 0 amide bonds. The third-order valence-electron chi connectivity index (χ3n) is 2.34. The monoisotopic (exact) mass is 191 g/mol. The first-order valence-electron chi connectivity index (χ1n) is 4.49. The molecule has 0 aliphatic carbocycles. The van der Waals surface area contributed by atoms with Crippen molar-refractivity contribution in [2.75, 3.05) is 6.26 Å². The van der Waals surface area contributed by atoms with Gasteiger partial charge < -0.3 is 4.98 Å². The van der Waals surface area contributed by atoms with Crippen LogP contribution in [0.5, 0.6) is 0 Å². The molecular formula is C11H13NS. The van der Waals surface area contributed by atoms with Crippen molar-refractivity contribution in [1.29, 1.82) is 0 Å². The minimum Gasteiger partial charge on any atom is -0.360 e. The van der Waals surface area contributed by atoms with Crippen LogP contribution in [0.15, 0.2) is 29.3 Å². The third kappa shape index (κ3) is 1.46. The quantitative estimate of drug-likeness (QED) is 0.719. The summed E-state index contributed by atoms with van der Waals surface area (Å²) in [4.78, 5) is 4.62. The van der Waals surface area contributed by atoms with E-state index in [2.05, 4.69) is 42.6 Å². The number of rotatable bonds is 2. The van der Waals surface area contributed by atoms with Gasteiger partial charge >= 0.3 is 0 Å². The molecule has 2 heteroatoms. The molecule has 13 heavy (non-hydrogen) atoms. The number of nitrogens with one attached hydrogen (secondary N) is 1. The van der Waals surface area contributed by atoms with Crippen LogP contribution in [0.1, 0.15) is 12.5 Å².